The van der Waals surface area contributed by atoms with Crippen LogP contribution < -0.4 is 0 Å². The summed E-state index contributed by atoms with van der Waals surface area (Å²) in [6, 6.07) is 5.67. The van der Waals surface area contributed by atoms with E-state index in [2.05, 4.69) is 21.2 Å². The minimum atomic E-state index is -0.287. The molecule has 0 aliphatic rings. The van der Waals surface area contributed by atoms with Crippen LogP contribution in [0.3, 0.4) is 0 Å². The van der Waals surface area contributed by atoms with Crippen LogP contribution >= 0.6 is 30.3 Å². The third kappa shape index (κ3) is 1.82. The van der Waals surface area contributed by atoms with E-state index in [0.29, 0.717) is 5.56 Å². The van der Waals surface area contributed by atoms with Crippen molar-refractivity contribution in [3.05, 3.63) is 35.5 Å². The summed E-state index contributed by atoms with van der Waals surface area (Å²) in [5, 5.41) is 0.971. The summed E-state index contributed by atoms with van der Waals surface area (Å²) in [6.07, 6.45) is 2.02. The summed E-state index contributed by atoms with van der Waals surface area (Å²) in [5.74, 6) is -0.287. The Hall–Kier alpha value is -0.690. The number of nitrogens with zero attached hydrogens (tertiary/aromatic N) is 1. The van der Waals surface area contributed by atoms with Gasteiger partial charge < -0.3 is 4.74 Å². The molecule has 0 aliphatic heterocycles. The number of halogens is 1. The number of carbonyl (C=O) groups excluding carboxylic acids is 1. The molecule has 0 saturated carbocycles. The fourth-order valence-electron chi connectivity index (χ4n) is 1.79. The number of aromatic nitrogens is 1. The quantitative estimate of drug-likeness (QED) is 0.615. The number of benzene rings is 1. The lowest BCUT2D eigenvalue weighted by molar-refractivity contribution is 0.0603. The highest BCUT2D eigenvalue weighted by Gasteiger charge is 2.15. The SMILES string of the molecule is COC(=O)c1cccc2c1c(C)cn2SI. The number of ether oxygens (including phenoxy) is 1. The molecule has 0 aliphatic carbocycles. The maximum Gasteiger partial charge on any atom is 0.338 e. The van der Waals surface area contributed by atoms with Crippen molar-refractivity contribution in [1.29, 1.82) is 0 Å². The van der Waals surface area contributed by atoms with Gasteiger partial charge in [0, 0.05) is 41.9 Å². The summed E-state index contributed by atoms with van der Waals surface area (Å²) >= 11 is 2.22. The minimum absolute atomic E-state index is 0.287. The predicted molar refractivity (Wildman–Crippen MR) is 75.0 cm³/mol. The molecule has 0 amide bonds. The van der Waals surface area contributed by atoms with Crippen molar-refractivity contribution in [2.24, 2.45) is 0 Å². The Morgan fingerprint density at radius 2 is 2.25 bits per heavy atom. The Kier molecular flexibility index (Phi) is 3.44. The second-order valence-corrected chi connectivity index (χ2v) is 5.11. The first kappa shape index (κ1) is 11.8. The zero-order valence-corrected chi connectivity index (χ0v) is 11.8. The maximum atomic E-state index is 11.6. The highest BCUT2D eigenvalue weighted by atomic mass is 127. The topological polar surface area (TPSA) is 31.2 Å². The molecule has 1 heterocycles. The van der Waals surface area contributed by atoms with Crippen LogP contribution in [0.15, 0.2) is 24.4 Å². The first-order valence-corrected chi connectivity index (χ1v) is 7.98. The van der Waals surface area contributed by atoms with Gasteiger partial charge in [0.15, 0.2) is 0 Å². The minimum Gasteiger partial charge on any atom is -0.465 e. The molecular weight excluding hydrogens is 337 g/mol. The van der Waals surface area contributed by atoms with Crippen LogP contribution in [0, 0.1) is 6.92 Å². The fraction of sp³-hybridized carbons (Fsp3) is 0.182. The first-order chi connectivity index (χ1) is 7.69. The van der Waals surface area contributed by atoms with Crippen molar-refractivity contribution in [1.82, 2.24) is 3.97 Å². The highest BCUT2D eigenvalue weighted by Crippen LogP contribution is 2.30. The van der Waals surface area contributed by atoms with E-state index >= 15 is 0 Å². The van der Waals surface area contributed by atoms with Crippen LogP contribution in [-0.2, 0) is 4.74 Å². The van der Waals surface area contributed by atoms with E-state index in [0.717, 1.165) is 16.5 Å². The number of aryl methyl sites for hydroxylation is 1. The van der Waals surface area contributed by atoms with E-state index in [-0.39, 0.29) is 5.97 Å². The van der Waals surface area contributed by atoms with Crippen molar-refractivity contribution < 1.29 is 9.53 Å². The lowest BCUT2D eigenvalue weighted by Gasteiger charge is -2.03. The number of carbonyl (C=O) groups is 1. The largest absolute Gasteiger partial charge is 0.465 e. The molecule has 0 atom stereocenters. The fourth-order valence-corrected chi connectivity index (χ4v) is 3.19. The number of hydrogen-bond acceptors (Lipinski definition) is 3. The second kappa shape index (κ2) is 4.67. The van der Waals surface area contributed by atoms with Gasteiger partial charge in [-0.1, -0.05) is 6.07 Å². The standard InChI is InChI=1S/C11H10INO2S/c1-7-6-13(16-12)9-5-3-4-8(10(7)9)11(14)15-2/h3-6H,1-2H3. The van der Waals surface area contributed by atoms with Gasteiger partial charge in [0.2, 0.25) is 0 Å². The molecule has 0 radical (unpaired) electrons. The average Bonchev–Trinajstić information content (AvgIpc) is 2.65. The Labute approximate surface area is 110 Å². The van der Waals surface area contributed by atoms with E-state index in [1.807, 2.05) is 29.2 Å². The van der Waals surface area contributed by atoms with Gasteiger partial charge in [-0.05, 0) is 24.6 Å². The molecule has 2 rings (SSSR count). The summed E-state index contributed by atoms with van der Waals surface area (Å²) in [6.45, 7) is 2.00. The molecule has 3 nitrogen and oxygen atoms in total. The van der Waals surface area contributed by atoms with Gasteiger partial charge in [-0.25, -0.2) is 4.79 Å². The van der Waals surface area contributed by atoms with Crippen molar-refractivity contribution in [3.63, 3.8) is 0 Å². The number of hydrogen-bond donors (Lipinski definition) is 0. The Morgan fingerprint density at radius 1 is 1.50 bits per heavy atom. The molecule has 84 valence electrons. The van der Waals surface area contributed by atoms with E-state index in [1.165, 1.54) is 7.11 Å². The molecule has 0 N–H and O–H groups in total. The molecule has 1 aromatic heterocycles. The van der Waals surface area contributed by atoms with Crippen molar-refractivity contribution in [3.8, 4) is 0 Å². The lowest BCUT2D eigenvalue weighted by atomic mass is 10.1. The predicted octanol–water partition coefficient (Wildman–Crippen LogP) is 3.58. The van der Waals surface area contributed by atoms with Gasteiger partial charge in [-0.15, -0.1) is 0 Å². The number of rotatable bonds is 2. The van der Waals surface area contributed by atoms with E-state index in [1.54, 1.807) is 15.2 Å². The molecular formula is C11H10INO2S. The summed E-state index contributed by atoms with van der Waals surface area (Å²) in [7, 11) is 2.99. The van der Waals surface area contributed by atoms with Gasteiger partial charge in [0.05, 0.1) is 18.2 Å². The van der Waals surface area contributed by atoms with Gasteiger partial charge in [0.1, 0.15) is 0 Å². The number of methoxy groups -OCH3 is 1. The summed E-state index contributed by atoms with van der Waals surface area (Å²) in [5.41, 5.74) is 2.75. The van der Waals surface area contributed by atoms with E-state index in [4.69, 9.17) is 4.74 Å². The van der Waals surface area contributed by atoms with E-state index < -0.39 is 0 Å². The van der Waals surface area contributed by atoms with Crippen LogP contribution in [0.4, 0.5) is 0 Å². The van der Waals surface area contributed by atoms with Crippen molar-refractivity contribution >= 4 is 47.2 Å². The lowest BCUT2D eigenvalue weighted by Crippen LogP contribution is -2.01. The Balaban J connectivity index is 2.77. The third-order valence-corrected chi connectivity index (χ3v) is 4.19. The van der Waals surface area contributed by atoms with Crippen LogP contribution in [0.1, 0.15) is 15.9 Å². The van der Waals surface area contributed by atoms with Gasteiger partial charge in [0.25, 0.3) is 0 Å². The van der Waals surface area contributed by atoms with Crippen LogP contribution in [0.5, 0.6) is 0 Å². The molecule has 16 heavy (non-hydrogen) atoms. The summed E-state index contributed by atoms with van der Waals surface area (Å²) in [4.78, 5) is 11.6. The second-order valence-electron chi connectivity index (χ2n) is 3.40. The molecule has 0 fully saturated rings. The maximum absolute atomic E-state index is 11.6. The van der Waals surface area contributed by atoms with Gasteiger partial charge in [-0.3, -0.25) is 3.97 Å². The average molecular weight is 347 g/mol. The molecule has 0 unspecified atom stereocenters. The third-order valence-electron chi connectivity index (χ3n) is 2.46. The molecule has 0 bridgehead atoms. The zero-order chi connectivity index (χ0) is 11.7. The van der Waals surface area contributed by atoms with Crippen LogP contribution in [-0.4, -0.2) is 17.1 Å². The molecule has 0 saturated heterocycles. The summed E-state index contributed by atoms with van der Waals surface area (Å²) < 4.78 is 6.82. The first-order valence-electron chi connectivity index (χ1n) is 4.67. The number of fused-ring (bicyclic) bond motifs is 1. The van der Waals surface area contributed by atoms with Crippen LogP contribution in [0.2, 0.25) is 0 Å². The van der Waals surface area contributed by atoms with Gasteiger partial charge >= 0.3 is 5.97 Å². The zero-order valence-electron chi connectivity index (χ0n) is 8.86. The number of esters is 1. The van der Waals surface area contributed by atoms with Gasteiger partial charge in [-0.2, -0.15) is 0 Å². The molecule has 2 aromatic rings. The monoisotopic (exact) mass is 347 g/mol. The Bertz CT molecular complexity index is 550. The smallest absolute Gasteiger partial charge is 0.338 e. The van der Waals surface area contributed by atoms with E-state index in [9.17, 15) is 4.79 Å². The van der Waals surface area contributed by atoms with Crippen molar-refractivity contribution in [2.75, 3.05) is 7.11 Å². The highest BCUT2D eigenvalue weighted by molar-refractivity contribution is 14.2. The molecule has 1 aromatic carbocycles. The Morgan fingerprint density at radius 3 is 2.88 bits per heavy atom. The van der Waals surface area contributed by atoms with Crippen molar-refractivity contribution in [2.45, 2.75) is 6.92 Å². The normalized spacial score (nSPS) is 10.7. The van der Waals surface area contributed by atoms with Crippen LogP contribution in [0.25, 0.3) is 10.9 Å². The molecule has 5 heteroatoms. The molecule has 0 spiro atoms.